The Bertz CT molecular complexity index is 1670. The van der Waals surface area contributed by atoms with E-state index in [-0.39, 0.29) is 23.2 Å². The zero-order chi connectivity index (χ0) is 26.9. The summed E-state index contributed by atoms with van der Waals surface area (Å²) in [5.41, 5.74) is 2.53. The van der Waals surface area contributed by atoms with Crippen molar-refractivity contribution in [1.82, 2.24) is 4.57 Å². The van der Waals surface area contributed by atoms with E-state index in [0.29, 0.717) is 41.8 Å². The Kier molecular flexibility index (Phi) is 4.62. The highest BCUT2D eigenvalue weighted by atomic mass is 16.3. The molecule has 0 radical (unpaired) electrons. The van der Waals surface area contributed by atoms with Crippen LogP contribution in [0.2, 0.25) is 0 Å². The lowest BCUT2D eigenvalue weighted by Gasteiger charge is -2.48. The van der Waals surface area contributed by atoms with Crippen molar-refractivity contribution in [3.05, 3.63) is 69.6 Å². The van der Waals surface area contributed by atoms with Gasteiger partial charge in [0.2, 0.25) is 0 Å². The van der Waals surface area contributed by atoms with E-state index in [2.05, 4.69) is 31.2 Å². The molecule has 39 heavy (non-hydrogen) atoms. The molecule has 1 aromatic heterocycles. The SMILES string of the molecule is CC12Cc3c(-c4ccccc4)c4cc5c(cc4c(=O)n3C1(O)CCC2=O)CC[C@@H]1[C@@H]5CC[C@]2(C)C(=O)CC[C@@H]12. The molecule has 8 rings (SSSR count). The summed E-state index contributed by atoms with van der Waals surface area (Å²) in [4.78, 5) is 40.2. The first kappa shape index (κ1) is 23.8. The molecule has 3 fully saturated rings. The van der Waals surface area contributed by atoms with E-state index in [1.165, 1.54) is 11.1 Å². The van der Waals surface area contributed by atoms with E-state index in [1.54, 1.807) is 4.57 Å². The second-order valence-electron chi connectivity index (χ2n) is 13.5. The van der Waals surface area contributed by atoms with Crippen LogP contribution in [0, 0.1) is 22.7 Å². The van der Waals surface area contributed by atoms with Crippen LogP contribution in [-0.4, -0.2) is 21.2 Å². The summed E-state index contributed by atoms with van der Waals surface area (Å²) in [6, 6.07) is 14.5. The molecule has 2 unspecified atom stereocenters. The maximum atomic E-state index is 14.3. The van der Waals surface area contributed by atoms with Crippen molar-refractivity contribution in [2.24, 2.45) is 22.7 Å². The summed E-state index contributed by atoms with van der Waals surface area (Å²) in [5.74, 6) is 1.86. The number of aliphatic hydroxyl groups is 1. The van der Waals surface area contributed by atoms with Crippen molar-refractivity contribution in [3.8, 4) is 11.1 Å². The molecule has 5 nitrogen and oxygen atoms in total. The van der Waals surface area contributed by atoms with Gasteiger partial charge in [-0.2, -0.15) is 0 Å². The predicted octanol–water partition coefficient (Wildman–Crippen LogP) is 5.66. The van der Waals surface area contributed by atoms with Gasteiger partial charge in [-0.25, -0.2) is 0 Å². The van der Waals surface area contributed by atoms with E-state index < -0.39 is 11.1 Å². The first-order valence-electron chi connectivity index (χ1n) is 14.8. The first-order chi connectivity index (χ1) is 18.7. The molecule has 2 heterocycles. The van der Waals surface area contributed by atoms with Gasteiger partial charge < -0.3 is 5.11 Å². The van der Waals surface area contributed by atoms with Gasteiger partial charge in [-0.3, -0.25) is 19.0 Å². The number of benzene rings is 2. The number of hydrogen-bond donors (Lipinski definition) is 1. The lowest BCUT2D eigenvalue weighted by atomic mass is 9.55. The van der Waals surface area contributed by atoms with Crippen molar-refractivity contribution in [1.29, 1.82) is 0 Å². The van der Waals surface area contributed by atoms with Gasteiger partial charge in [0.15, 0.2) is 5.72 Å². The number of carbonyl (C=O) groups is 2. The lowest BCUT2D eigenvalue weighted by molar-refractivity contribution is -0.142. The highest BCUT2D eigenvalue weighted by molar-refractivity contribution is 6.00. The number of hydrogen-bond acceptors (Lipinski definition) is 4. The first-order valence-corrected chi connectivity index (χ1v) is 14.8. The van der Waals surface area contributed by atoms with Gasteiger partial charge in [-0.15, -0.1) is 0 Å². The predicted molar refractivity (Wildman–Crippen MR) is 150 cm³/mol. The number of aryl methyl sites for hydroxylation is 1. The van der Waals surface area contributed by atoms with Crippen LogP contribution in [0.5, 0.6) is 0 Å². The summed E-state index contributed by atoms with van der Waals surface area (Å²) >= 11 is 0. The minimum Gasteiger partial charge on any atom is -0.369 e. The minimum absolute atomic E-state index is 0.0367. The normalized spacial score (nSPS) is 36.4. The van der Waals surface area contributed by atoms with Crippen molar-refractivity contribution in [2.75, 3.05) is 0 Å². The Balaban J connectivity index is 1.39. The number of aromatic nitrogens is 1. The molecular weight excluding hydrogens is 486 g/mol. The number of fused-ring (bicyclic) bond motifs is 9. The molecule has 5 heteroatoms. The Morgan fingerprint density at radius 3 is 2.46 bits per heavy atom. The van der Waals surface area contributed by atoms with Gasteiger partial charge in [-0.05, 0) is 91.0 Å². The highest BCUT2D eigenvalue weighted by Crippen LogP contribution is 2.60. The summed E-state index contributed by atoms with van der Waals surface area (Å²) in [6.07, 6.45) is 6.60. The van der Waals surface area contributed by atoms with E-state index >= 15 is 0 Å². The number of carbonyl (C=O) groups excluding carboxylic acids is 2. The molecule has 1 N–H and O–H groups in total. The van der Waals surface area contributed by atoms with Gasteiger partial charge >= 0.3 is 0 Å². The van der Waals surface area contributed by atoms with Crippen LogP contribution in [0.1, 0.15) is 81.5 Å². The molecule has 1 aliphatic heterocycles. The second kappa shape index (κ2) is 7.57. The van der Waals surface area contributed by atoms with Crippen LogP contribution < -0.4 is 5.56 Å². The average Bonchev–Trinajstić information content (AvgIpc) is 3.46. The smallest absolute Gasteiger partial charge is 0.261 e. The van der Waals surface area contributed by atoms with Gasteiger partial charge in [0.25, 0.3) is 5.56 Å². The Labute approximate surface area is 228 Å². The van der Waals surface area contributed by atoms with Gasteiger partial charge in [0, 0.05) is 47.7 Å². The molecule has 3 aromatic rings. The van der Waals surface area contributed by atoms with Gasteiger partial charge in [-0.1, -0.05) is 37.3 Å². The molecular formula is C34H35NO4. The third-order valence-corrected chi connectivity index (χ3v) is 12.0. The van der Waals surface area contributed by atoms with Crippen molar-refractivity contribution < 1.29 is 14.7 Å². The van der Waals surface area contributed by atoms with Crippen LogP contribution in [0.3, 0.4) is 0 Å². The quantitative estimate of drug-likeness (QED) is 0.448. The fourth-order valence-electron chi connectivity index (χ4n) is 9.77. The summed E-state index contributed by atoms with van der Waals surface area (Å²) in [6.45, 7) is 4.05. The van der Waals surface area contributed by atoms with Crippen LogP contribution in [-0.2, 0) is 28.2 Å². The molecule has 0 spiro atoms. The van der Waals surface area contributed by atoms with E-state index in [9.17, 15) is 19.5 Å². The van der Waals surface area contributed by atoms with E-state index in [1.807, 2.05) is 25.1 Å². The fourth-order valence-corrected chi connectivity index (χ4v) is 9.77. The Hall–Kier alpha value is -3.05. The minimum atomic E-state index is -1.49. The molecule has 0 saturated heterocycles. The fraction of sp³-hybridized carbons (Fsp3) is 0.500. The largest absolute Gasteiger partial charge is 0.369 e. The van der Waals surface area contributed by atoms with Gasteiger partial charge in [0.05, 0.1) is 5.41 Å². The molecule has 6 atom stereocenters. The topological polar surface area (TPSA) is 76.4 Å². The monoisotopic (exact) mass is 521 g/mol. The highest BCUT2D eigenvalue weighted by Gasteiger charge is 2.63. The molecule has 3 saturated carbocycles. The standard InChI is InChI=1S/C34H35NO4/c1-32-14-12-21-22(26(32)10-11-28(32)36)9-8-20-16-25-24(17-23(20)21)30(19-6-4-3-5-7-19)27-18-33(2)29(37)13-15-34(33,39)35(27)31(25)38/h3-7,16-17,21-22,26,39H,8-15,18H2,1-2H3/t21-,22+,26-,32-,33?,34?/m0/s1. The Morgan fingerprint density at radius 1 is 0.872 bits per heavy atom. The van der Waals surface area contributed by atoms with Crippen LogP contribution in [0.25, 0.3) is 21.9 Å². The zero-order valence-electron chi connectivity index (χ0n) is 22.8. The van der Waals surface area contributed by atoms with E-state index in [4.69, 9.17) is 0 Å². The van der Waals surface area contributed by atoms with Crippen LogP contribution in [0.15, 0.2) is 47.3 Å². The summed E-state index contributed by atoms with van der Waals surface area (Å²) in [7, 11) is 0. The number of nitrogens with zero attached hydrogens (tertiary/aromatic N) is 1. The van der Waals surface area contributed by atoms with Crippen molar-refractivity contribution in [2.45, 2.75) is 83.3 Å². The molecule has 0 amide bonds. The second-order valence-corrected chi connectivity index (χ2v) is 13.5. The lowest BCUT2D eigenvalue weighted by Crippen LogP contribution is -2.47. The zero-order valence-corrected chi connectivity index (χ0v) is 22.8. The summed E-state index contributed by atoms with van der Waals surface area (Å²) < 4.78 is 1.59. The molecule has 0 bridgehead atoms. The molecule has 4 aliphatic carbocycles. The molecule has 200 valence electrons. The van der Waals surface area contributed by atoms with E-state index in [0.717, 1.165) is 60.7 Å². The molecule has 2 aromatic carbocycles. The maximum Gasteiger partial charge on any atom is 0.261 e. The summed E-state index contributed by atoms with van der Waals surface area (Å²) in [5, 5.41) is 13.5. The average molecular weight is 522 g/mol. The van der Waals surface area contributed by atoms with Crippen LogP contribution >= 0.6 is 0 Å². The Morgan fingerprint density at radius 2 is 1.67 bits per heavy atom. The number of ketones is 2. The van der Waals surface area contributed by atoms with Crippen molar-refractivity contribution >= 4 is 22.3 Å². The maximum absolute atomic E-state index is 14.3. The van der Waals surface area contributed by atoms with Crippen molar-refractivity contribution in [3.63, 3.8) is 0 Å². The van der Waals surface area contributed by atoms with Gasteiger partial charge in [0.1, 0.15) is 11.6 Å². The number of Topliss-reactive ketones (excluding diaryl/α,β-unsaturated/α-hetero) is 2. The van der Waals surface area contributed by atoms with Crippen LogP contribution in [0.4, 0.5) is 0 Å². The number of pyridine rings is 1. The third-order valence-electron chi connectivity index (χ3n) is 12.0. The third kappa shape index (κ3) is 2.77. The molecule has 5 aliphatic rings. The number of rotatable bonds is 1.